The molecule has 154 valence electrons. The molecule has 2 heterocycles. The molecule has 29 heavy (non-hydrogen) atoms. The number of carbonyl (C=O) groups excluding carboxylic acids is 1. The van der Waals surface area contributed by atoms with Crippen molar-refractivity contribution in [1.29, 1.82) is 0 Å². The minimum atomic E-state index is -4.48. The number of carbonyl (C=O) groups is 1. The van der Waals surface area contributed by atoms with E-state index in [9.17, 15) is 18.0 Å². The summed E-state index contributed by atoms with van der Waals surface area (Å²) in [5.41, 5.74) is 8.41. The largest absolute Gasteiger partial charge is 0.454 e. The van der Waals surface area contributed by atoms with Crippen LogP contribution < -0.4 is 36.5 Å². The van der Waals surface area contributed by atoms with E-state index in [0.717, 1.165) is 17.7 Å². The number of anilines is 1. The molecule has 1 amide bonds. The number of fused-ring (bicyclic) bond motifs is 1. The van der Waals surface area contributed by atoms with Gasteiger partial charge in [-0.25, -0.2) is 10.9 Å². The number of nitrogens with one attached hydrogen (secondary N) is 5. The summed E-state index contributed by atoms with van der Waals surface area (Å²) in [7, 11) is 0. The van der Waals surface area contributed by atoms with Gasteiger partial charge >= 0.3 is 6.18 Å². The number of hydrogen-bond donors (Lipinski definition) is 5. The summed E-state index contributed by atoms with van der Waals surface area (Å²) in [5, 5.41) is 5.67. The third-order valence-electron chi connectivity index (χ3n) is 4.49. The van der Waals surface area contributed by atoms with Crippen LogP contribution in [-0.4, -0.2) is 24.9 Å². The van der Waals surface area contributed by atoms with E-state index in [-0.39, 0.29) is 12.5 Å². The standard InChI is InChI=1S/C18H18F3N5O3/c19-18(20,21)11-2-1-3-12(7-11)23-17(27)15-16(25-26-24-15)22-8-10-4-5-13-14(6-10)29-9-28-13/h1-7,15-16,22,24-26H,8-9H2,(H,23,27). The van der Waals surface area contributed by atoms with Crippen molar-refractivity contribution in [2.24, 2.45) is 0 Å². The minimum absolute atomic E-state index is 0.0630. The van der Waals surface area contributed by atoms with Gasteiger partial charge in [-0.2, -0.15) is 18.7 Å². The zero-order valence-corrected chi connectivity index (χ0v) is 15.0. The van der Waals surface area contributed by atoms with Crippen molar-refractivity contribution < 1.29 is 27.4 Å². The Morgan fingerprint density at radius 1 is 1.10 bits per heavy atom. The molecule has 0 spiro atoms. The normalized spacial score (nSPS) is 20.7. The molecule has 4 rings (SSSR count). The van der Waals surface area contributed by atoms with Gasteiger partial charge in [0, 0.05) is 12.2 Å². The molecular weight excluding hydrogens is 391 g/mol. The van der Waals surface area contributed by atoms with Crippen LogP contribution >= 0.6 is 0 Å². The number of halogens is 3. The summed E-state index contributed by atoms with van der Waals surface area (Å²) in [5.74, 6) is 0.832. The number of hydrogen-bond acceptors (Lipinski definition) is 7. The highest BCUT2D eigenvalue weighted by Crippen LogP contribution is 2.32. The van der Waals surface area contributed by atoms with Gasteiger partial charge in [-0.3, -0.25) is 10.1 Å². The zero-order valence-electron chi connectivity index (χ0n) is 15.0. The van der Waals surface area contributed by atoms with Crippen LogP contribution in [0.2, 0.25) is 0 Å². The van der Waals surface area contributed by atoms with Gasteiger partial charge in [0.2, 0.25) is 12.7 Å². The molecule has 0 bridgehead atoms. The lowest BCUT2D eigenvalue weighted by atomic mass is 10.1. The number of benzene rings is 2. The fourth-order valence-electron chi connectivity index (χ4n) is 3.02. The highest BCUT2D eigenvalue weighted by molar-refractivity contribution is 5.95. The number of hydrazine groups is 2. The van der Waals surface area contributed by atoms with Gasteiger partial charge in [0.15, 0.2) is 11.5 Å². The van der Waals surface area contributed by atoms with Crippen LogP contribution in [0.15, 0.2) is 42.5 Å². The first-order chi connectivity index (χ1) is 13.9. The van der Waals surface area contributed by atoms with Gasteiger partial charge in [0.25, 0.3) is 0 Å². The molecular formula is C18H18F3N5O3. The van der Waals surface area contributed by atoms with Gasteiger partial charge in [-0.15, -0.1) is 0 Å². The fraction of sp³-hybridized carbons (Fsp3) is 0.278. The molecule has 0 saturated carbocycles. The summed E-state index contributed by atoms with van der Waals surface area (Å²) in [6.07, 6.45) is -4.99. The maximum Gasteiger partial charge on any atom is 0.416 e. The fourth-order valence-corrected chi connectivity index (χ4v) is 3.02. The van der Waals surface area contributed by atoms with E-state index in [1.54, 1.807) is 6.07 Å². The molecule has 0 aromatic heterocycles. The first-order valence-electron chi connectivity index (χ1n) is 8.76. The minimum Gasteiger partial charge on any atom is -0.454 e. The molecule has 1 fully saturated rings. The Balaban J connectivity index is 1.37. The molecule has 2 aromatic rings. The topological polar surface area (TPSA) is 95.7 Å². The second kappa shape index (κ2) is 7.87. The molecule has 0 radical (unpaired) electrons. The Bertz CT molecular complexity index is 909. The van der Waals surface area contributed by atoms with Gasteiger partial charge in [0.05, 0.1) is 11.7 Å². The molecule has 2 unspecified atom stereocenters. The summed E-state index contributed by atoms with van der Waals surface area (Å²) in [6, 6.07) is 9.22. The van der Waals surface area contributed by atoms with Crippen LogP contribution in [0.1, 0.15) is 11.1 Å². The van der Waals surface area contributed by atoms with Crippen molar-refractivity contribution in [3.05, 3.63) is 53.6 Å². The van der Waals surface area contributed by atoms with Gasteiger partial charge < -0.3 is 14.8 Å². The molecule has 8 nitrogen and oxygen atoms in total. The van der Waals surface area contributed by atoms with E-state index in [2.05, 4.69) is 27.0 Å². The van der Waals surface area contributed by atoms with Crippen LogP contribution in [0.3, 0.4) is 0 Å². The maximum atomic E-state index is 12.8. The lowest BCUT2D eigenvalue weighted by Crippen LogP contribution is -2.51. The van der Waals surface area contributed by atoms with E-state index < -0.39 is 29.9 Å². The van der Waals surface area contributed by atoms with Gasteiger partial charge in [0.1, 0.15) is 6.04 Å². The van der Waals surface area contributed by atoms with Crippen LogP contribution in [0.5, 0.6) is 11.5 Å². The molecule has 2 atom stereocenters. The van der Waals surface area contributed by atoms with Crippen molar-refractivity contribution in [2.45, 2.75) is 24.9 Å². The molecule has 5 N–H and O–H groups in total. The van der Waals surface area contributed by atoms with Crippen molar-refractivity contribution >= 4 is 11.6 Å². The molecule has 1 saturated heterocycles. The lowest BCUT2D eigenvalue weighted by Gasteiger charge is -2.19. The second-order valence-corrected chi connectivity index (χ2v) is 6.51. The van der Waals surface area contributed by atoms with E-state index in [4.69, 9.17) is 9.47 Å². The van der Waals surface area contributed by atoms with Crippen LogP contribution in [0.25, 0.3) is 0 Å². The Hall–Kier alpha value is -2.86. The number of ether oxygens (including phenoxy) is 2. The SMILES string of the molecule is O=C(Nc1cccc(C(F)(F)F)c1)C1NNNC1NCc1ccc2c(c1)OCO2. The maximum absolute atomic E-state index is 12.8. The van der Waals surface area contributed by atoms with Crippen LogP contribution in [0, 0.1) is 0 Å². The Labute approximate surface area is 163 Å². The average molecular weight is 409 g/mol. The lowest BCUT2D eigenvalue weighted by molar-refractivity contribution is -0.137. The molecule has 2 aliphatic rings. The monoisotopic (exact) mass is 409 g/mol. The number of alkyl halides is 3. The predicted molar refractivity (Wildman–Crippen MR) is 96.5 cm³/mol. The summed E-state index contributed by atoms with van der Waals surface area (Å²) >= 11 is 0. The van der Waals surface area contributed by atoms with Gasteiger partial charge in [-0.05, 0) is 35.9 Å². The predicted octanol–water partition coefficient (Wildman–Crippen LogP) is 1.47. The summed E-state index contributed by atoms with van der Waals surface area (Å²) in [4.78, 5) is 12.5. The van der Waals surface area contributed by atoms with Crippen molar-refractivity contribution in [3.63, 3.8) is 0 Å². The Kier molecular flexibility index (Phi) is 5.28. The van der Waals surface area contributed by atoms with Gasteiger partial charge in [-0.1, -0.05) is 12.1 Å². The zero-order chi connectivity index (χ0) is 20.4. The smallest absolute Gasteiger partial charge is 0.416 e. The average Bonchev–Trinajstić information content (AvgIpc) is 3.34. The van der Waals surface area contributed by atoms with Crippen molar-refractivity contribution in [2.75, 3.05) is 12.1 Å². The Morgan fingerprint density at radius 3 is 2.76 bits per heavy atom. The van der Waals surface area contributed by atoms with E-state index in [1.807, 2.05) is 12.1 Å². The van der Waals surface area contributed by atoms with Crippen molar-refractivity contribution in [3.8, 4) is 11.5 Å². The molecule has 2 aliphatic heterocycles. The van der Waals surface area contributed by atoms with E-state index in [0.29, 0.717) is 18.0 Å². The molecule has 0 aliphatic carbocycles. The highest BCUT2D eigenvalue weighted by atomic mass is 19.4. The highest BCUT2D eigenvalue weighted by Gasteiger charge is 2.34. The second-order valence-electron chi connectivity index (χ2n) is 6.51. The molecule has 11 heteroatoms. The molecule has 2 aromatic carbocycles. The number of rotatable bonds is 5. The summed E-state index contributed by atoms with van der Waals surface area (Å²) in [6.45, 7) is 0.604. The van der Waals surface area contributed by atoms with E-state index in [1.165, 1.54) is 12.1 Å². The quantitative estimate of drug-likeness (QED) is 0.511. The van der Waals surface area contributed by atoms with Crippen LogP contribution in [0.4, 0.5) is 18.9 Å². The third kappa shape index (κ3) is 4.43. The summed E-state index contributed by atoms with van der Waals surface area (Å²) < 4.78 is 49.1. The van der Waals surface area contributed by atoms with Crippen molar-refractivity contribution in [1.82, 2.24) is 21.7 Å². The van der Waals surface area contributed by atoms with Crippen LogP contribution in [-0.2, 0) is 17.5 Å². The van der Waals surface area contributed by atoms with E-state index >= 15 is 0 Å². The third-order valence-corrected chi connectivity index (χ3v) is 4.49. The first kappa shape index (κ1) is 19.5. The Morgan fingerprint density at radius 2 is 1.93 bits per heavy atom. The first-order valence-corrected chi connectivity index (χ1v) is 8.76. The number of amides is 1.